The molecule has 0 saturated heterocycles. The minimum Gasteiger partial charge on any atom is -0.478 e. The molecule has 5 nitrogen and oxygen atoms in total. The van der Waals surface area contributed by atoms with E-state index in [0.717, 1.165) is 22.8 Å². The van der Waals surface area contributed by atoms with E-state index in [1.807, 2.05) is 6.07 Å². The van der Waals surface area contributed by atoms with Crippen molar-refractivity contribution in [3.05, 3.63) is 35.3 Å². The molecule has 0 radical (unpaired) electrons. The lowest BCUT2D eigenvalue weighted by atomic mass is 10.1. The van der Waals surface area contributed by atoms with Gasteiger partial charge in [0, 0.05) is 24.1 Å². The van der Waals surface area contributed by atoms with Crippen molar-refractivity contribution < 1.29 is 23.8 Å². The average molecular weight is 274 g/mol. The summed E-state index contributed by atoms with van der Waals surface area (Å²) in [5.74, 6) is 0.0671. The second-order valence-electron chi connectivity index (χ2n) is 4.45. The first-order chi connectivity index (χ1) is 9.38. The highest BCUT2D eigenvalue weighted by molar-refractivity contribution is 5.89. The summed E-state index contributed by atoms with van der Waals surface area (Å²) in [5.41, 5.74) is 2.32. The van der Waals surface area contributed by atoms with Gasteiger partial charge in [-0.3, -0.25) is 4.79 Å². The SMILES string of the molecule is CC(=O)Oc1cc2cc(C)oc(/C=C\C(=O)O)c-2c1C. The van der Waals surface area contributed by atoms with Crippen molar-refractivity contribution in [2.45, 2.75) is 20.8 Å². The molecule has 0 aromatic carbocycles. The van der Waals surface area contributed by atoms with Gasteiger partial charge in [0.15, 0.2) is 0 Å². The summed E-state index contributed by atoms with van der Waals surface area (Å²) in [6.45, 7) is 4.90. The van der Waals surface area contributed by atoms with Crippen LogP contribution < -0.4 is 4.74 Å². The zero-order valence-electron chi connectivity index (χ0n) is 11.4. The van der Waals surface area contributed by atoms with Gasteiger partial charge in [0.05, 0.1) is 0 Å². The fourth-order valence-corrected chi connectivity index (χ4v) is 2.10. The molecule has 0 saturated carbocycles. The summed E-state index contributed by atoms with van der Waals surface area (Å²) in [7, 11) is 0. The van der Waals surface area contributed by atoms with Gasteiger partial charge in [-0.1, -0.05) is 0 Å². The van der Waals surface area contributed by atoms with E-state index < -0.39 is 11.9 Å². The Hall–Kier alpha value is -2.56. The summed E-state index contributed by atoms with van der Waals surface area (Å²) in [4.78, 5) is 21.7. The van der Waals surface area contributed by atoms with Gasteiger partial charge in [-0.25, -0.2) is 4.79 Å². The molecule has 1 aliphatic heterocycles. The molecule has 0 amide bonds. The van der Waals surface area contributed by atoms with Crippen LogP contribution in [0.3, 0.4) is 0 Å². The number of hydrogen-bond donors (Lipinski definition) is 1. The number of aryl methyl sites for hydroxylation is 1. The van der Waals surface area contributed by atoms with E-state index in [1.54, 1.807) is 19.9 Å². The van der Waals surface area contributed by atoms with Crippen LogP contribution in [-0.2, 0) is 9.59 Å². The number of carboxylic acids is 1. The molecular weight excluding hydrogens is 260 g/mol. The third-order valence-electron chi connectivity index (χ3n) is 2.83. The van der Waals surface area contributed by atoms with Gasteiger partial charge in [-0.2, -0.15) is 0 Å². The van der Waals surface area contributed by atoms with Gasteiger partial charge >= 0.3 is 11.9 Å². The van der Waals surface area contributed by atoms with E-state index in [4.69, 9.17) is 14.3 Å². The molecule has 0 aromatic rings. The molecule has 0 atom stereocenters. The third kappa shape index (κ3) is 2.71. The third-order valence-corrected chi connectivity index (χ3v) is 2.83. The normalized spacial score (nSPS) is 11.2. The Labute approximate surface area is 115 Å². The maximum Gasteiger partial charge on any atom is 0.328 e. The van der Waals surface area contributed by atoms with Gasteiger partial charge in [0.25, 0.3) is 0 Å². The molecule has 104 valence electrons. The number of ether oxygens (including phenoxy) is 1. The monoisotopic (exact) mass is 274 g/mol. The Bertz CT molecular complexity index is 678. The number of carboxylic acid groups (broad SMARTS) is 1. The summed E-state index contributed by atoms with van der Waals surface area (Å²) in [6.07, 6.45) is 2.40. The van der Waals surface area contributed by atoms with E-state index in [2.05, 4.69) is 0 Å². The molecule has 0 spiro atoms. The number of aliphatic carboxylic acids is 1. The van der Waals surface area contributed by atoms with Crippen LogP contribution in [0, 0.1) is 13.8 Å². The molecule has 0 unspecified atom stereocenters. The van der Waals surface area contributed by atoms with Gasteiger partial charge in [0.1, 0.15) is 17.3 Å². The standard InChI is InChI=1S/C15H14O5/c1-8-6-11-7-13(20-10(3)16)9(2)15(11)12(19-8)4-5-14(17)18/h4-7H,1-3H3,(H,17,18)/b5-4-. The summed E-state index contributed by atoms with van der Waals surface area (Å²) < 4.78 is 10.7. The quantitative estimate of drug-likeness (QED) is 0.687. The maximum absolute atomic E-state index is 11.1. The van der Waals surface area contributed by atoms with Crippen molar-refractivity contribution in [2.75, 3.05) is 0 Å². The maximum atomic E-state index is 11.1. The van der Waals surface area contributed by atoms with Crippen molar-refractivity contribution in [1.29, 1.82) is 0 Å². The minimum absolute atomic E-state index is 0.403. The van der Waals surface area contributed by atoms with Crippen molar-refractivity contribution in [3.8, 4) is 16.9 Å². The van der Waals surface area contributed by atoms with Gasteiger partial charge in [0.2, 0.25) is 0 Å². The first-order valence-electron chi connectivity index (χ1n) is 6.01. The Morgan fingerprint density at radius 2 is 2.00 bits per heavy atom. The molecule has 0 aromatic heterocycles. The Kier molecular flexibility index (Phi) is 3.61. The number of fused-ring (bicyclic) bond motifs is 1. The summed E-state index contributed by atoms with van der Waals surface area (Å²) in [6, 6.07) is 3.56. The lowest BCUT2D eigenvalue weighted by molar-refractivity contribution is -0.132. The molecule has 0 bridgehead atoms. The van der Waals surface area contributed by atoms with Crippen LogP contribution in [0.15, 0.2) is 22.6 Å². The van der Waals surface area contributed by atoms with Crippen LogP contribution in [0.5, 0.6) is 5.75 Å². The second kappa shape index (κ2) is 5.21. The van der Waals surface area contributed by atoms with Crippen molar-refractivity contribution >= 4 is 18.0 Å². The highest BCUT2D eigenvalue weighted by Crippen LogP contribution is 2.40. The van der Waals surface area contributed by atoms with Gasteiger partial charge in [-0.15, -0.1) is 0 Å². The molecule has 1 N–H and O–H groups in total. The summed E-state index contributed by atoms with van der Waals surface area (Å²) >= 11 is 0. The van der Waals surface area contributed by atoms with Crippen molar-refractivity contribution in [2.24, 2.45) is 0 Å². The van der Waals surface area contributed by atoms with E-state index in [-0.39, 0.29) is 0 Å². The van der Waals surface area contributed by atoms with E-state index >= 15 is 0 Å². The van der Waals surface area contributed by atoms with Gasteiger partial charge in [-0.05, 0) is 37.6 Å². The topological polar surface area (TPSA) is 76.7 Å². The predicted molar refractivity (Wildman–Crippen MR) is 72.8 cm³/mol. The molecular formula is C15H14O5. The van der Waals surface area contributed by atoms with Crippen LogP contribution in [0.25, 0.3) is 17.2 Å². The van der Waals surface area contributed by atoms with Crippen LogP contribution in [0.4, 0.5) is 0 Å². The lowest BCUT2D eigenvalue weighted by Gasteiger charge is -2.07. The molecule has 2 rings (SSSR count). The highest BCUT2D eigenvalue weighted by atomic mass is 16.5. The average Bonchev–Trinajstić information content (AvgIpc) is 2.62. The molecule has 1 heterocycles. The molecule has 5 heteroatoms. The Morgan fingerprint density at radius 1 is 1.30 bits per heavy atom. The Morgan fingerprint density at radius 3 is 2.60 bits per heavy atom. The number of carbonyl (C=O) groups is 2. The van der Waals surface area contributed by atoms with Crippen LogP contribution in [0.1, 0.15) is 24.0 Å². The van der Waals surface area contributed by atoms with E-state index in [1.165, 1.54) is 13.0 Å². The number of hydrogen-bond acceptors (Lipinski definition) is 4. The van der Waals surface area contributed by atoms with Crippen molar-refractivity contribution in [1.82, 2.24) is 0 Å². The fraction of sp³-hybridized carbons (Fsp3) is 0.200. The Balaban J connectivity index is 2.61. The molecule has 0 fully saturated rings. The second-order valence-corrected chi connectivity index (χ2v) is 4.45. The van der Waals surface area contributed by atoms with Crippen LogP contribution in [0.2, 0.25) is 0 Å². The lowest BCUT2D eigenvalue weighted by Crippen LogP contribution is -2.01. The van der Waals surface area contributed by atoms with Crippen LogP contribution >= 0.6 is 0 Å². The summed E-state index contributed by atoms with van der Waals surface area (Å²) in [5, 5.41) is 8.71. The number of carbonyl (C=O) groups excluding carboxylic acids is 1. The van der Waals surface area contributed by atoms with Gasteiger partial charge < -0.3 is 14.3 Å². The van der Waals surface area contributed by atoms with E-state index in [9.17, 15) is 9.59 Å². The first kappa shape index (κ1) is 13.9. The molecule has 2 aliphatic rings. The van der Waals surface area contributed by atoms with Crippen molar-refractivity contribution in [3.63, 3.8) is 0 Å². The largest absolute Gasteiger partial charge is 0.478 e. The molecule has 20 heavy (non-hydrogen) atoms. The van der Waals surface area contributed by atoms with E-state index in [0.29, 0.717) is 17.3 Å². The molecule has 1 aliphatic carbocycles. The minimum atomic E-state index is -1.06. The smallest absolute Gasteiger partial charge is 0.328 e. The zero-order chi connectivity index (χ0) is 14.9. The highest BCUT2D eigenvalue weighted by Gasteiger charge is 2.20. The fourth-order valence-electron chi connectivity index (χ4n) is 2.10. The zero-order valence-corrected chi connectivity index (χ0v) is 11.4. The van der Waals surface area contributed by atoms with Crippen LogP contribution in [-0.4, -0.2) is 17.0 Å². The predicted octanol–water partition coefficient (Wildman–Crippen LogP) is 3.02. The number of esters is 1. The number of rotatable bonds is 3. The first-order valence-corrected chi connectivity index (χ1v) is 6.01.